The summed E-state index contributed by atoms with van der Waals surface area (Å²) in [6.45, 7) is -2.92. The van der Waals surface area contributed by atoms with E-state index in [1.54, 1.807) is 56.4 Å². The lowest BCUT2D eigenvalue weighted by Gasteiger charge is -2.44. The van der Waals surface area contributed by atoms with Crippen LogP contribution in [0.5, 0.6) is 0 Å². The van der Waals surface area contributed by atoms with E-state index in [2.05, 4.69) is 32.5 Å². The van der Waals surface area contributed by atoms with Gasteiger partial charge >= 0.3 is 59.7 Å². The Morgan fingerprint density at radius 1 is 0.313 bits per heavy atom. The zero-order valence-electron chi connectivity index (χ0n) is 138. The second kappa shape index (κ2) is 53.6. The van der Waals surface area contributed by atoms with Gasteiger partial charge in [-0.25, -0.2) is 0 Å². The third kappa shape index (κ3) is 32.8. The minimum absolute atomic E-state index is 0.00546. The minimum Gasteiger partial charge on any atom is -0.462 e. The van der Waals surface area contributed by atoms with Crippen molar-refractivity contribution >= 4 is 59.7 Å². The molecule has 5 aliphatic heterocycles. The van der Waals surface area contributed by atoms with Crippen LogP contribution in [0.4, 0.5) is 0 Å². The Hall–Kier alpha value is -8.10. The maximum absolute atomic E-state index is 13.7. The van der Waals surface area contributed by atoms with Gasteiger partial charge in [-0.15, -0.1) is 0 Å². The molecule has 5 N–H and O–H groups in total. The van der Waals surface area contributed by atoms with Gasteiger partial charge in [-0.3, -0.25) is 47.9 Å². The number of hydrogen-bond donors (Lipinski definition) is 5. The van der Waals surface area contributed by atoms with Gasteiger partial charge in [0.1, 0.15) is 61.0 Å². The standard InChI is InChI=1S/5C25H38O5/c5*1-6-25(4,5)24(28)30-21-12-15(2)11-17-8-7-16(3)20(23(17)21)10-9-19-13-18(26)14-22(27)29-19/h5*7-8,11,15-16,18-21,23,26H,6,9-10,12-14H2,1-5H3/t5*15-,16-,18+,19?,20-,21-,23-/m00000/s1/i1D3,2D3,4D3,6D2,14D2,26D;1D3,2D3,6D2,14D2,26D;2*2D3,4D3,14D2,26D;2D3,14D2,26D/t15-,16-,18+,19?,20-,21-,23-,25?;m;2*15-,16-,18+,19?,20-,21-,23-,25?;m. The molecule has 150 heavy (non-hydrogen) atoms. The molecular weight excluding hydrogens is 1900 g/mol. The molecule has 0 aromatic rings. The van der Waals surface area contributed by atoms with Gasteiger partial charge in [-0.1, -0.05) is 194 Å². The van der Waals surface area contributed by atoms with Crippen LogP contribution in [0.1, 0.15) is 425 Å². The Morgan fingerprint density at radius 3 is 0.707 bits per heavy atom. The number of allylic oxidation sites excluding steroid dienone is 15. The van der Waals surface area contributed by atoms with Crippen LogP contribution in [-0.4, -0.2) is 184 Å². The van der Waals surface area contributed by atoms with Crippen LogP contribution >= 0.6 is 0 Å². The Bertz CT molecular complexity index is 6800. The number of aliphatic hydroxyl groups is 5. The number of aliphatic hydroxyl groups excluding tert-OH is 5. The lowest BCUT2D eigenvalue weighted by Crippen LogP contribution is -2.43. The molecule has 10 aliphatic carbocycles. The normalized spacial score (nSPS) is 45.0. The first-order valence-corrected chi connectivity index (χ1v) is 53.4. The van der Waals surface area contributed by atoms with Gasteiger partial charge in [-0.05, 0) is 314 Å². The smallest absolute Gasteiger partial charge is 0.311 e. The molecule has 8 unspecified atom stereocenters. The van der Waals surface area contributed by atoms with Crippen LogP contribution in [0.15, 0.2) is 119 Å². The average molecular weight is 2140 g/mol. The highest BCUT2D eigenvalue weighted by atomic mass is 16.6. The van der Waals surface area contributed by atoms with Gasteiger partial charge in [-0.2, -0.15) is 0 Å². The summed E-state index contributed by atoms with van der Waals surface area (Å²) in [5, 5.41) is 22.4. The van der Waals surface area contributed by atoms with Crippen LogP contribution in [-0.2, 0) is 95.3 Å². The zero-order chi connectivity index (χ0) is 151. The summed E-state index contributed by atoms with van der Waals surface area (Å²) < 4.78 is 440. The average Bonchev–Trinajstić information content (AvgIpc) is 0.716. The number of rotatable bonds is 35. The number of carbonyl (C=O) groups is 10. The van der Waals surface area contributed by atoms with Crippen molar-refractivity contribution in [2.75, 3.05) is 0 Å². The molecule has 5 saturated heterocycles. The summed E-state index contributed by atoms with van der Waals surface area (Å²) in [4.78, 5) is 128. The van der Waals surface area contributed by atoms with Gasteiger partial charge in [0.25, 0.3) is 0 Å². The lowest BCUT2D eigenvalue weighted by molar-refractivity contribution is -0.166. The molecule has 5 fully saturated rings. The van der Waals surface area contributed by atoms with Crippen molar-refractivity contribution in [3.05, 3.63) is 119 Å². The second-order valence-electron chi connectivity index (χ2n) is 45.3. The predicted molar refractivity (Wildman–Crippen MR) is 577 cm³/mol. The molecule has 25 heteroatoms. The molecule has 38 atom stereocenters. The SMILES string of the molecule is [2H]O[C@@H]1CC(CC[C@@H]2[C@@H]3C(=C[C@H](C([2H])([2H])[2H])C[C@@H]3OC(=O)C(C)(C([2H])([2H])[2H])C([2H])([2H])C([2H])([2H])[2H])C=C[C@@H]2C)OC(=O)C1([2H])[2H].[2H]O[C@@H]1CC(CC[C@@H]2[C@@H]3C(=C[C@H](C([2H])([2H])[2H])C[C@@H]3OC(=O)C(C)(C)C([2H])([2H])C([2H])([2H])[2H])C=C[C@@H]2C)OC(=O)C1([2H])[2H].[2H]O[C@@H]1CC(CC[C@@H]2[C@@H]3C(=C[C@H](C([2H])([2H])[2H])C[C@@H]3OC(=O)C(C)(C)CC)C=C[C@@H]2C)OC(=O)C1([2H])[2H].[2H]O[C@@H]1CC(CC[C@@H]2[C@@H]3C(=C[C@H](C([2H])([2H])[2H])C[C@@H]3OC(=O)C(C)(CC)C([2H])([2H])[2H])C=C[C@@H]2C)OC(=O)C1([2H])[2H].[2H]O[C@@H]1CC(CC[C@@H]2[C@@H]3C(=C[C@H](C([2H])([2H])[2H])C[C@@H]3OC(=O)C(C)(CC)C([2H])([2H])[2H])C=C[C@@H]2C)OC(=O)C1([2H])[2H]. The first-order valence-electron chi connectivity index (χ1n) is 77.4. The van der Waals surface area contributed by atoms with Crippen molar-refractivity contribution in [2.45, 2.75) is 456 Å². The molecule has 0 amide bonds. The number of carbonyl (C=O) groups excluding carboxylic acids is 10. The first-order chi connectivity index (χ1) is 90.7. The maximum atomic E-state index is 13.7. The molecule has 15 aliphatic rings. The molecule has 840 valence electrons. The molecule has 0 bridgehead atoms. The van der Waals surface area contributed by atoms with Crippen molar-refractivity contribution in [1.29, 1.82) is 7.16 Å². The lowest BCUT2D eigenvalue weighted by atomic mass is 9.65. The number of fused-ring (bicyclic) bond motifs is 5. The summed E-state index contributed by atoms with van der Waals surface area (Å²) in [5.41, 5.74) is -6.03. The first kappa shape index (κ1) is 69.8. The van der Waals surface area contributed by atoms with Crippen LogP contribution in [0.2, 0.25) is 0 Å². The molecular formula is C125H190O25. The number of cyclic esters (lactones) is 5. The van der Waals surface area contributed by atoms with Crippen molar-refractivity contribution in [2.24, 2.45) is 145 Å². The van der Waals surface area contributed by atoms with Crippen molar-refractivity contribution < 1.29 is 181 Å². The molecule has 15 rings (SSSR count). The molecule has 0 aromatic carbocycles. The maximum Gasteiger partial charge on any atom is 0.311 e. The summed E-state index contributed by atoms with van der Waals surface area (Å²) in [6, 6.07) is 0. The largest absolute Gasteiger partial charge is 0.462 e. The number of ether oxygens (including phenoxy) is 10. The minimum atomic E-state index is -3.55. The fourth-order valence-electron chi connectivity index (χ4n) is 23.0. The van der Waals surface area contributed by atoms with Crippen molar-refractivity contribution in [3.63, 3.8) is 0 Å². The van der Waals surface area contributed by atoms with E-state index in [-0.39, 0.29) is 161 Å². The van der Waals surface area contributed by atoms with Crippen LogP contribution < -0.4 is 0 Å². The van der Waals surface area contributed by atoms with Gasteiger partial charge in [0.15, 0.2) is 0 Å². The number of esters is 10. The van der Waals surface area contributed by atoms with E-state index in [1.807, 2.05) is 97.1 Å². The summed E-state index contributed by atoms with van der Waals surface area (Å²) in [6.07, 6.45) is -1.70. The second-order valence-corrected chi connectivity index (χ2v) is 45.3. The van der Waals surface area contributed by atoms with E-state index in [0.717, 1.165) is 19.4 Å². The fraction of sp³-hybridized carbons (Fsp3) is 0.760. The molecule has 0 radical (unpaired) electrons. The van der Waals surface area contributed by atoms with E-state index in [0.29, 0.717) is 80.6 Å². The van der Waals surface area contributed by atoms with E-state index < -0.39 is 345 Å². The quantitative estimate of drug-likeness (QED) is 0.0291. The van der Waals surface area contributed by atoms with Gasteiger partial charge in [0, 0.05) is 122 Å². The molecule has 0 aromatic heterocycles. The molecule has 0 spiro atoms. The summed E-state index contributed by atoms with van der Waals surface area (Å²) in [5.74, 6) is -18.3. The topological polar surface area (TPSA) is 364 Å². The highest BCUT2D eigenvalue weighted by Gasteiger charge is 2.52. The Labute approximate surface area is 966 Å². The molecule has 0 saturated carbocycles. The Balaban J connectivity index is 0.000000229. The van der Waals surface area contributed by atoms with Gasteiger partial charge in [0.2, 0.25) is 7.16 Å². The Kier molecular flexibility index (Phi) is 24.9. The van der Waals surface area contributed by atoms with Crippen LogP contribution in [0, 0.1) is 145 Å². The Morgan fingerprint density at radius 2 is 0.513 bits per heavy atom. The van der Waals surface area contributed by atoms with E-state index in [9.17, 15) is 47.9 Å². The van der Waals surface area contributed by atoms with Gasteiger partial charge in [0.05, 0.1) is 89.5 Å². The predicted octanol–water partition coefficient (Wildman–Crippen LogP) is 22.9. The van der Waals surface area contributed by atoms with E-state index in [1.165, 1.54) is 13.8 Å². The van der Waals surface area contributed by atoms with E-state index >= 15 is 0 Å². The van der Waals surface area contributed by atoms with Gasteiger partial charge < -0.3 is 72.9 Å². The highest BCUT2D eigenvalue weighted by molar-refractivity contribution is 5.79. The third-order valence-electron chi connectivity index (χ3n) is 32.8. The van der Waals surface area contributed by atoms with E-state index in [4.69, 9.17) is 115 Å². The fourth-order valence-corrected chi connectivity index (χ4v) is 23.0. The van der Waals surface area contributed by atoms with Crippen molar-refractivity contribution in [3.8, 4) is 0 Å². The highest BCUT2D eigenvalue weighted by Crippen LogP contribution is 2.54. The summed E-state index contributed by atoms with van der Waals surface area (Å²) >= 11 is 0. The third-order valence-corrected chi connectivity index (χ3v) is 32.8. The zero-order valence-corrected chi connectivity index (χ0v) is 88.8. The van der Waals surface area contributed by atoms with Crippen molar-refractivity contribution in [1.82, 2.24) is 0 Å². The monoisotopic (exact) mass is 2140 g/mol. The number of hydrogen-bond acceptors (Lipinski definition) is 25. The molecule has 5 heterocycles. The van der Waals surface area contributed by atoms with Crippen LogP contribution in [0.25, 0.3) is 0 Å². The summed E-state index contributed by atoms with van der Waals surface area (Å²) in [7, 11) is 0. The van der Waals surface area contributed by atoms with Crippen LogP contribution in [0.3, 0.4) is 0 Å². The molecule has 25 nitrogen and oxygen atoms in total.